The molecule has 1 heterocycles. The van der Waals surface area contributed by atoms with Crippen LogP contribution >= 0.6 is 23.1 Å². The fraction of sp³-hybridized carbons (Fsp3) is 0. The molecule has 5 aromatic rings. The van der Waals surface area contributed by atoms with Crippen molar-refractivity contribution < 1.29 is 0 Å². The van der Waals surface area contributed by atoms with Crippen LogP contribution in [0.3, 0.4) is 0 Å². The fourth-order valence-corrected chi connectivity index (χ4v) is 4.79. The van der Waals surface area contributed by atoms with Crippen molar-refractivity contribution in [1.29, 1.82) is 0 Å². The highest BCUT2D eigenvalue weighted by atomic mass is 32.2. The molecular formula is C25H18OS2. The molecule has 0 bridgehead atoms. The summed E-state index contributed by atoms with van der Waals surface area (Å²) < 4.78 is 2.11. The second kappa shape index (κ2) is 8.87. The predicted octanol–water partition coefficient (Wildman–Crippen LogP) is 7.25. The van der Waals surface area contributed by atoms with Gasteiger partial charge in [-0.3, -0.25) is 4.79 Å². The fourth-order valence-electron chi connectivity index (χ4n) is 2.86. The van der Waals surface area contributed by atoms with Gasteiger partial charge in [0.25, 0.3) is 0 Å². The van der Waals surface area contributed by atoms with Gasteiger partial charge in [0, 0.05) is 30.0 Å². The largest absolute Gasteiger partial charge is 0.289 e. The first-order valence-corrected chi connectivity index (χ1v) is 10.6. The van der Waals surface area contributed by atoms with Gasteiger partial charge < -0.3 is 0 Å². The van der Waals surface area contributed by atoms with Gasteiger partial charge in [-0.15, -0.1) is 11.3 Å². The first-order valence-electron chi connectivity index (χ1n) is 9.00. The van der Waals surface area contributed by atoms with Crippen LogP contribution in [0, 0.1) is 0 Å². The number of fused-ring (bicyclic) bond motifs is 2. The van der Waals surface area contributed by atoms with Crippen molar-refractivity contribution in [3.05, 3.63) is 119 Å². The van der Waals surface area contributed by atoms with Crippen molar-refractivity contribution in [2.24, 2.45) is 0 Å². The Kier molecular flexibility index (Phi) is 5.86. The van der Waals surface area contributed by atoms with Crippen molar-refractivity contribution in [2.75, 3.05) is 0 Å². The third-order valence-corrected chi connectivity index (χ3v) is 6.37. The lowest BCUT2D eigenvalue weighted by atomic mass is 10.2. The minimum Gasteiger partial charge on any atom is -0.289 e. The SMILES string of the molecule is O=c1c2ccccc2sc2ccccc12.c1ccc(Sc2ccccc2)cc1. The van der Waals surface area contributed by atoms with E-state index in [4.69, 9.17) is 0 Å². The van der Waals surface area contributed by atoms with Crippen LogP contribution in [-0.4, -0.2) is 0 Å². The average Bonchev–Trinajstić information content (AvgIpc) is 2.76. The highest BCUT2D eigenvalue weighted by Crippen LogP contribution is 2.26. The molecule has 0 saturated carbocycles. The van der Waals surface area contributed by atoms with Crippen LogP contribution in [0.1, 0.15) is 0 Å². The second-order valence-electron chi connectivity index (χ2n) is 6.15. The van der Waals surface area contributed by atoms with Crippen molar-refractivity contribution in [3.8, 4) is 0 Å². The van der Waals surface area contributed by atoms with Gasteiger partial charge in [-0.2, -0.15) is 0 Å². The summed E-state index contributed by atoms with van der Waals surface area (Å²) in [4.78, 5) is 14.7. The van der Waals surface area contributed by atoms with E-state index in [0.29, 0.717) is 0 Å². The van der Waals surface area contributed by atoms with Gasteiger partial charge >= 0.3 is 0 Å². The highest BCUT2D eigenvalue weighted by molar-refractivity contribution is 7.99. The third kappa shape index (κ3) is 4.33. The van der Waals surface area contributed by atoms with E-state index in [1.54, 1.807) is 23.1 Å². The number of hydrogen-bond acceptors (Lipinski definition) is 3. The molecule has 28 heavy (non-hydrogen) atoms. The van der Waals surface area contributed by atoms with E-state index < -0.39 is 0 Å². The Morgan fingerprint density at radius 1 is 0.500 bits per heavy atom. The standard InChI is InChI=1S/C13H8OS.C12H10S/c14-13-9-5-1-3-7-11(9)15-12-8-4-2-6-10(12)13;1-3-7-11(8-4-1)13-12-9-5-2-6-10-12/h1-8H;1-10H. The first-order chi connectivity index (χ1) is 13.8. The Morgan fingerprint density at radius 2 is 0.893 bits per heavy atom. The van der Waals surface area contributed by atoms with Crippen LogP contribution in [0.4, 0.5) is 0 Å². The predicted molar refractivity (Wildman–Crippen MR) is 123 cm³/mol. The zero-order valence-corrected chi connectivity index (χ0v) is 16.8. The minimum atomic E-state index is 0.139. The molecule has 0 atom stereocenters. The van der Waals surface area contributed by atoms with E-state index in [2.05, 4.69) is 48.5 Å². The molecule has 0 saturated heterocycles. The molecular weight excluding hydrogens is 380 g/mol. The zero-order chi connectivity index (χ0) is 19.2. The summed E-state index contributed by atoms with van der Waals surface area (Å²) in [6.45, 7) is 0. The molecule has 0 unspecified atom stereocenters. The van der Waals surface area contributed by atoms with E-state index in [0.717, 1.165) is 20.2 Å². The number of rotatable bonds is 2. The summed E-state index contributed by atoms with van der Waals surface area (Å²) in [6.07, 6.45) is 0. The first kappa shape index (κ1) is 18.5. The molecule has 1 nitrogen and oxygen atoms in total. The van der Waals surface area contributed by atoms with Crippen LogP contribution in [0.25, 0.3) is 20.2 Å². The molecule has 3 heteroatoms. The molecule has 0 fully saturated rings. The van der Waals surface area contributed by atoms with Gasteiger partial charge in [-0.25, -0.2) is 0 Å². The van der Waals surface area contributed by atoms with E-state index in [-0.39, 0.29) is 5.43 Å². The maximum atomic E-state index is 12.1. The molecule has 0 aliphatic carbocycles. The van der Waals surface area contributed by atoms with Crippen molar-refractivity contribution in [1.82, 2.24) is 0 Å². The molecule has 136 valence electrons. The Labute approximate surface area is 172 Å². The lowest BCUT2D eigenvalue weighted by Gasteiger charge is -1.99. The summed E-state index contributed by atoms with van der Waals surface area (Å²) in [6, 6.07) is 36.3. The molecule has 5 rings (SSSR count). The Bertz CT molecular complexity index is 1150. The topological polar surface area (TPSA) is 17.1 Å². The van der Waals surface area contributed by atoms with Gasteiger partial charge in [0.15, 0.2) is 5.43 Å². The van der Waals surface area contributed by atoms with E-state index >= 15 is 0 Å². The summed E-state index contributed by atoms with van der Waals surface area (Å²) in [7, 11) is 0. The molecule has 4 aromatic carbocycles. The van der Waals surface area contributed by atoms with E-state index in [1.165, 1.54) is 9.79 Å². The van der Waals surface area contributed by atoms with Crippen LogP contribution in [0.15, 0.2) is 124 Å². The smallest absolute Gasteiger partial charge is 0.195 e. The summed E-state index contributed by atoms with van der Waals surface area (Å²) >= 11 is 3.45. The number of hydrogen-bond donors (Lipinski definition) is 0. The molecule has 1 aromatic heterocycles. The lowest BCUT2D eigenvalue weighted by Crippen LogP contribution is -1.99. The minimum absolute atomic E-state index is 0.139. The maximum absolute atomic E-state index is 12.1. The lowest BCUT2D eigenvalue weighted by molar-refractivity contribution is 1.41. The van der Waals surface area contributed by atoms with Gasteiger partial charge in [0.05, 0.1) is 0 Å². The van der Waals surface area contributed by atoms with Gasteiger partial charge in [-0.1, -0.05) is 72.4 Å². The van der Waals surface area contributed by atoms with Crippen molar-refractivity contribution >= 4 is 43.3 Å². The third-order valence-electron chi connectivity index (χ3n) is 4.21. The Hall–Kier alpha value is -2.88. The molecule has 0 radical (unpaired) electrons. The Morgan fingerprint density at radius 3 is 1.36 bits per heavy atom. The summed E-state index contributed by atoms with van der Waals surface area (Å²) in [5.41, 5.74) is 0.139. The molecule has 0 aliphatic rings. The molecule has 0 aliphatic heterocycles. The van der Waals surface area contributed by atoms with Crippen molar-refractivity contribution in [2.45, 2.75) is 9.79 Å². The monoisotopic (exact) mass is 398 g/mol. The van der Waals surface area contributed by atoms with Crippen LogP contribution in [-0.2, 0) is 0 Å². The van der Waals surface area contributed by atoms with Gasteiger partial charge in [0.1, 0.15) is 0 Å². The molecule has 0 spiro atoms. The highest BCUT2D eigenvalue weighted by Gasteiger charge is 2.03. The second-order valence-corrected chi connectivity index (χ2v) is 8.38. The quantitative estimate of drug-likeness (QED) is 0.291. The van der Waals surface area contributed by atoms with Gasteiger partial charge in [-0.05, 0) is 48.5 Å². The maximum Gasteiger partial charge on any atom is 0.195 e. The van der Waals surface area contributed by atoms with E-state index in [1.807, 2.05) is 60.7 Å². The van der Waals surface area contributed by atoms with Crippen LogP contribution < -0.4 is 5.43 Å². The van der Waals surface area contributed by atoms with Crippen molar-refractivity contribution in [3.63, 3.8) is 0 Å². The molecule has 0 amide bonds. The zero-order valence-electron chi connectivity index (χ0n) is 15.1. The number of benzene rings is 4. The summed E-state index contributed by atoms with van der Waals surface area (Å²) in [5, 5.41) is 1.64. The van der Waals surface area contributed by atoms with Gasteiger partial charge in [0.2, 0.25) is 0 Å². The molecule has 0 N–H and O–H groups in total. The summed E-state index contributed by atoms with van der Waals surface area (Å²) in [5.74, 6) is 0. The van der Waals surface area contributed by atoms with Crippen LogP contribution in [0.2, 0.25) is 0 Å². The average molecular weight is 399 g/mol. The normalized spacial score (nSPS) is 10.4. The van der Waals surface area contributed by atoms with E-state index in [9.17, 15) is 4.79 Å². The van der Waals surface area contributed by atoms with Crippen LogP contribution in [0.5, 0.6) is 0 Å². The Balaban J connectivity index is 0.000000139.